The van der Waals surface area contributed by atoms with Crippen LogP contribution in [0, 0.1) is 0 Å². The van der Waals surface area contributed by atoms with Gasteiger partial charge in [0.15, 0.2) is 6.39 Å². The molecule has 2 aromatic rings. The first-order valence-corrected chi connectivity index (χ1v) is 9.33. The molecule has 0 spiro atoms. The molecule has 2 saturated heterocycles. The topological polar surface area (TPSA) is 77.4 Å². The highest BCUT2D eigenvalue weighted by Crippen LogP contribution is 2.34. The summed E-state index contributed by atoms with van der Waals surface area (Å²) in [5.41, 5.74) is 1.01. The summed E-state index contributed by atoms with van der Waals surface area (Å²) in [5, 5.41) is 8.59. The number of nitrogens with zero attached hydrogens (tertiary/aromatic N) is 4. The Kier molecular flexibility index (Phi) is 4.85. The van der Waals surface area contributed by atoms with Gasteiger partial charge >= 0.3 is 0 Å². The summed E-state index contributed by atoms with van der Waals surface area (Å²) in [6.45, 7) is 6.80. The summed E-state index contributed by atoms with van der Waals surface area (Å²) >= 11 is 0. The van der Waals surface area contributed by atoms with Crippen LogP contribution in [-0.4, -0.2) is 33.2 Å². The van der Waals surface area contributed by atoms with Crippen LogP contribution < -0.4 is 0 Å². The molecule has 2 aromatic heterocycles. The first kappa shape index (κ1) is 16.7. The van der Waals surface area contributed by atoms with Gasteiger partial charge in [-0.1, -0.05) is 20.3 Å². The Balaban J connectivity index is 1.52. The van der Waals surface area contributed by atoms with Crippen molar-refractivity contribution < 1.29 is 13.6 Å². The smallest absolute Gasteiger partial charge is 0.245 e. The minimum Gasteiger partial charge on any atom is -0.448 e. The average molecular weight is 346 g/mol. The van der Waals surface area contributed by atoms with Crippen molar-refractivity contribution in [2.75, 3.05) is 13.2 Å². The Labute approximate surface area is 147 Å². The molecule has 7 nitrogen and oxygen atoms in total. The minimum atomic E-state index is -0.0265. The van der Waals surface area contributed by atoms with Crippen LogP contribution in [0.15, 0.2) is 15.2 Å². The zero-order valence-corrected chi connectivity index (χ0v) is 15.0. The van der Waals surface area contributed by atoms with Crippen LogP contribution in [0.2, 0.25) is 0 Å². The Morgan fingerprint density at radius 3 is 2.84 bits per heavy atom. The molecule has 0 unspecified atom stereocenters. The number of likely N-dealkylation sites (tertiary alicyclic amines) is 1. The number of piperidine rings is 1. The van der Waals surface area contributed by atoms with E-state index < -0.39 is 0 Å². The summed E-state index contributed by atoms with van der Waals surface area (Å²) < 4.78 is 17.2. The number of rotatable bonds is 5. The van der Waals surface area contributed by atoms with Gasteiger partial charge in [-0.3, -0.25) is 4.90 Å². The lowest BCUT2D eigenvalue weighted by Gasteiger charge is -2.33. The Hall–Kier alpha value is -1.73. The molecule has 2 aliphatic heterocycles. The van der Waals surface area contributed by atoms with Gasteiger partial charge < -0.3 is 13.6 Å². The molecule has 0 aliphatic carbocycles. The van der Waals surface area contributed by atoms with Crippen molar-refractivity contribution in [2.24, 2.45) is 0 Å². The van der Waals surface area contributed by atoms with E-state index in [1.54, 1.807) is 6.39 Å². The Bertz CT molecular complexity index is 690. The van der Waals surface area contributed by atoms with E-state index in [1.165, 1.54) is 12.8 Å². The summed E-state index contributed by atoms with van der Waals surface area (Å²) in [6, 6.07) is 0.146. The Morgan fingerprint density at radius 1 is 1.16 bits per heavy atom. The lowest BCUT2D eigenvalue weighted by Crippen LogP contribution is -2.33. The fourth-order valence-electron chi connectivity index (χ4n) is 3.80. The van der Waals surface area contributed by atoms with Crippen molar-refractivity contribution in [1.29, 1.82) is 0 Å². The molecule has 2 fully saturated rings. The largest absolute Gasteiger partial charge is 0.448 e. The van der Waals surface area contributed by atoms with E-state index in [4.69, 9.17) is 13.6 Å². The number of hydrogen-bond acceptors (Lipinski definition) is 7. The van der Waals surface area contributed by atoms with Gasteiger partial charge in [-0.25, -0.2) is 4.98 Å². The number of hydrogen-bond donors (Lipinski definition) is 0. The van der Waals surface area contributed by atoms with Gasteiger partial charge in [0.1, 0.15) is 11.9 Å². The van der Waals surface area contributed by atoms with Gasteiger partial charge in [0, 0.05) is 19.1 Å². The monoisotopic (exact) mass is 346 g/mol. The van der Waals surface area contributed by atoms with E-state index in [2.05, 4.69) is 33.9 Å². The lowest BCUT2D eigenvalue weighted by atomic mass is 10.0. The van der Waals surface area contributed by atoms with E-state index >= 15 is 0 Å². The maximum absolute atomic E-state index is 6.00. The maximum atomic E-state index is 6.00. The van der Waals surface area contributed by atoms with E-state index in [0.717, 1.165) is 50.4 Å². The molecule has 2 aliphatic rings. The van der Waals surface area contributed by atoms with E-state index in [9.17, 15) is 0 Å². The fraction of sp³-hybridized carbons (Fsp3) is 0.722. The molecule has 4 heterocycles. The van der Waals surface area contributed by atoms with Crippen molar-refractivity contribution in [1.82, 2.24) is 20.1 Å². The molecule has 0 N–H and O–H groups in total. The van der Waals surface area contributed by atoms with Gasteiger partial charge in [-0.2, -0.15) is 0 Å². The number of oxazole rings is 1. The van der Waals surface area contributed by atoms with Crippen LogP contribution in [0.25, 0.3) is 0 Å². The highest BCUT2D eigenvalue weighted by Gasteiger charge is 2.32. The molecule has 7 heteroatoms. The molecule has 136 valence electrons. The van der Waals surface area contributed by atoms with Crippen LogP contribution in [-0.2, 0) is 11.3 Å². The third-order valence-corrected chi connectivity index (χ3v) is 5.11. The van der Waals surface area contributed by atoms with E-state index in [0.29, 0.717) is 17.7 Å². The normalized spacial score (nSPS) is 25.1. The highest BCUT2D eigenvalue weighted by atomic mass is 16.5. The number of ether oxygens (including phenoxy) is 1. The van der Waals surface area contributed by atoms with Crippen LogP contribution in [0.3, 0.4) is 0 Å². The number of aromatic nitrogens is 3. The van der Waals surface area contributed by atoms with Gasteiger partial charge in [0.05, 0.1) is 11.7 Å². The van der Waals surface area contributed by atoms with Crippen molar-refractivity contribution in [3.63, 3.8) is 0 Å². The summed E-state index contributed by atoms with van der Waals surface area (Å²) in [7, 11) is 0. The molecule has 0 bridgehead atoms. The molecular formula is C18H26N4O3. The Morgan fingerprint density at radius 2 is 2.04 bits per heavy atom. The lowest BCUT2D eigenvalue weighted by molar-refractivity contribution is 0.0791. The first-order valence-electron chi connectivity index (χ1n) is 9.33. The molecule has 25 heavy (non-hydrogen) atoms. The van der Waals surface area contributed by atoms with Crippen LogP contribution in [0.4, 0.5) is 0 Å². The summed E-state index contributed by atoms with van der Waals surface area (Å²) in [6.07, 6.45) is 6.93. The highest BCUT2D eigenvalue weighted by molar-refractivity contribution is 5.12. The van der Waals surface area contributed by atoms with Crippen LogP contribution >= 0.6 is 0 Å². The minimum absolute atomic E-state index is 0.0265. The molecule has 0 aromatic carbocycles. The second kappa shape index (κ2) is 7.25. The van der Waals surface area contributed by atoms with Gasteiger partial charge in [-0.05, 0) is 32.2 Å². The third-order valence-electron chi connectivity index (χ3n) is 5.11. The summed E-state index contributed by atoms with van der Waals surface area (Å²) in [5.74, 6) is 2.63. The zero-order valence-electron chi connectivity index (χ0n) is 15.0. The predicted molar refractivity (Wildman–Crippen MR) is 89.8 cm³/mol. The van der Waals surface area contributed by atoms with Crippen molar-refractivity contribution in [3.05, 3.63) is 29.6 Å². The predicted octanol–water partition coefficient (Wildman–Crippen LogP) is 3.76. The molecule has 0 radical (unpaired) electrons. The molecule has 4 rings (SSSR count). The third kappa shape index (κ3) is 3.48. The quantitative estimate of drug-likeness (QED) is 0.815. The first-order chi connectivity index (χ1) is 12.2. The van der Waals surface area contributed by atoms with Crippen molar-refractivity contribution in [2.45, 2.75) is 70.6 Å². The van der Waals surface area contributed by atoms with Gasteiger partial charge in [-0.15, -0.1) is 10.2 Å². The fourth-order valence-corrected chi connectivity index (χ4v) is 3.80. The van der Waals surface area contributed by atoms with Crippen molar-refractivity contribution >= 4 is 0 Å². The summed E-state index contributed by atoms with van der Waals surface area (Å²) in [4.78, 5) is 6.82. The second-order valence-corrected chi connectivity index (χ2v) is 7.28. The van der Waals surface area contributed by atoms with E-state index in [1.807, 2.05) is 0 Å². The van der Waals surface area contributed by atoms with Crippen LogP contribution in [0.1, 0.15) is 87.3 Å². The maximum Gasteiger partial charge on any atom is 0.245 e. The SMILES string of the molecule is CC(C)c1ocnc1CN1CCCC[C@H]1c1nnc([C@H]2CCCO2)o1. The second-order valence-electron chi connectivity index (χ2n) is 7.28. The average Bonchev–Trinajstić information content (AvgIpc) is 3.36. The van der Waals surface area contributed by atoms with Gasteiger partial charge in [0.25, 0.3) is 0 Å². The van der Waals surface area contributed by atoms with Gasteiger partial charge in [0.2, 0.25) is 11.8 Å². The van der Waals surface area contributed by atoms with E-state index in [-0.39, 0.29) is 12.1 Å². The zero-order chi connectivity index (χ0) is 17.2. The van der Waals surface area contributed by atoms with Crippen molar-refractivity contribution in [3.8, 4) is 0 Å². The molecule has 0 amide bonds. The van der Waals surface area contributed by atoms with Crippen LogP contribution in [0.5, 0.6) is 0 Å². The molecule has 2 atom stereocenters. The molecular weight excluding hydrogens is 320 g/mol. The standard InChI is InChI=1S/C18H26N4O3/c1-12(2)16-13(19-11-24-16)10-22-8-4-3-6-14(22)17-20-21-18(25-17)15-7-5-9-23-15/h11-12,14-15H,3-10H2,1-2H3/t14-,15+/m0/s1. The molecule has 0 saturated carbocycles.